The van der Waals surface area contributed by atoms with Crippen LogP contribution >= 0.6 is 0 Å². The molecule has 7 nitrogen and oxygen atoms in total. The van der Waals surface area contributed by atoms with Crippen molar-refractivity contribution in [3.63, 3.8) is 0 Å². The molecular weight excluding hydrogens is 174 g/mol. The molecule has 0 aromatic carbocycles. The van der Waals surface area contributed by atoms with Crippen LogP contribution in [0.4, 0.5) is 9.59 Å². The summed E-state index contributed by atoms with van der Waals surface area (Å²) in [5.41, 5.74) is 5.15. The maximum atomic E-state index is 11.4. The average Bonchev–Trinajstić information content (AvgIpc) is 2.32. The van der Waals surface area contributed by atoms with Crippen LogP contribution in [0.1, 0.15) is 0 Å². The van der Waals surface area contributed by atoms with Gasteiger partial charge in [0.1, 0.15) is 12.3 Å². The molecule has 3 N–H and O–H groups in total. The van der Waals surface area contributed by atoms with E-state index in [0.29, 0.717) is 0 Å². The second kappa shape index (κ2) is 2.49. The third-order valence-corrected chi connectivity index (χ3v) is 2.35. The van der Waals surface area contributed by atoms with Crippen molar-refractivity contribution in [2.24, 2.45) is 0 Å². The molecule has 2 fully saturated rings. The zero-order chi connectivity index (χ0) is 9.59. The van der Waals surface area contributed by atoms with Crippen molar-refractivity contribution in [2.45, 2.75) is 12.3 Å². The highest BCUT2D eigenvalue weighted by Crippen LogP contribution is 2.16. The first-order valence-electron chi connectivity index (χ1n) is 3.93. The Hall–Kier alpha value is -1.50. The smallest absolute Gasteiger partial charge is 0.313 e. The summed E-state index contributed by atoms with van der Waals surface area (Å²) >= 11 is 0. The lowest BCUT2D eigenvalue weighted by atomic mass is 10.3. The summed E-state index contributed by atoms with van der Waals surface area (Å²) in [5.74, 6) is 0. The van der Waals surface area contributed by atoms with Gasteiger partial charge in [0, 0.05) is 14.1 Å². The summed E-state index contributed by atoms with van der Waals surface area (Å²) < 4.78 is 0. The van der Waals surface area contributed by atoms with Crippen molar-refractivity contribution in [3.8, 4) is 0 Å². The lowest BCUT2D eigenvalue weighted by molar-refractivity contribution is 0.159. The van der Waals surface area contributed by atoms with Gasteiger partial charge in [0.2, 0.25) is 0 Å². The molecule has 2 heterocycles. The SMILES string of the molecule is CN1C(=O)N(C)[C@@H]2NC(=O)NN[C@H]21. The monoisotopic (exact) mass is 185 g/mol. The summed E-state index contributed by atoms with van der Waals surface area (Å²) in [6, 6.07) is -0.442. The molecule has 0 aliphatic carbocycles. The first-order chi connectivity index (χ1) is 6.11. The molecule has 0 aromatic heterocycles. The number of hydrazine groups is 1. The number of amides is 4. The Bertz CT molecular complexity index is 268. The molecule has 72 valence electrons. The van der Waals surface area contributed by atoms with Crippen LogP contribution in [-0.4, -0.2) is 48.3 Å². The Morgan fingerprint density at radius 2 is 1.77 bits per heavy atom. The number of nitrogens with zero attached hydrogens (tertiary/aromatic N) is 2. The van der Waals surface area contributed by atoms with Crippen LogP contribution in [0.15, 0.2) is 0 Å². The Morgan fingerprint density at radius 1 is 1.15 bits per heavy atom. The fourth-order valence-corrected chi connectivity index (χ4v) is 1.57. The minimum absolute atomic E-state index is 0.119. The van der Waals surface area contributed by atoms with Crippen molar-refractivity contribution in [1.29, 1.82) is 0 Å². The Morgan fingerprint density at radius 3 is 2.46 bits per heavy atom. The minimum atomic E-state index is -0.323. The highest BCUT2D eigenvalue weighted by Gasteiger charge is 2.44. The van der Waals surface area contributed by atoms with Crippen molar-refractivity contribution in [2.75, 3.05) is 14.1 Å². The van der Waals surface area contributed by atoms with Crippen LogP contribution in [0.5, 0.6) is 0 Å². The third-order valence-electron chi connectivity index (χ3n) is 2.35. The van der Waals surface area contributed by atoms with Crippen molar-refractivity contribution < 1.29 is 9.59 Å². The van der Waals surface area contributed by atoms with E-state index in [4.69, 9.17) is 0 Å². The summed E-state index contributed by atoms with van der Waals surface area (Å²) in [6.07, 6.45) is -0.513. The van der Waals surface area contributed by atoms with E-state index in [2.05, 4.69) is 16.2 Å². The molecular formula is C6H11N5O2. The van der Waals surface area contributed by atoms with Crippen molar-refractivity contribution >= 4 is 12.1 Å². The predicted molar refractivity (Wildman–Crippen MR) is 43.3 cm³/mol. The quantitative estimate of drug-likeness (QED) is 0.428. The largest absolute Gasteiger partial charge is 0.330 e. The van der Waals surface area contributed by atoms with Crippen molar-refractivity contribution in [3.05, 3.63) is 0 Å². The van der Waals surface area contributed by atoms with Crippen LogP contribution in [-0.2, 0) is 0 Å². The number of rotatable bonds is 0. The fourth-order valence-electron chi connectivity index (χ4n) is 1.57. The van der Waals surface area contributed by atoms with Gasteiger partial charge < -0.3 is 15.1 Å². The van der Waals surface area contributed by atoms with Crippen LogP contribution in [0, 0.1) is 0 Å². The van der Waals surface area contributed by atoms with Gasteiger partial charge in [-0.15, -0.1) is 0 Å². The van der Waals surface area contributed by atoms with Gasteiger partial charge in [-0.3, -0.25) is 5.43 Å². The maximum absolute atomic E-state index is 11.4. The van der Waals surface area contributed by atoms with Crippen LogP contribution < -0.4 is 16.2 Å². The molecule has 0 radical (unpaired) electrons. The molecule has 2 rings (SSSR count). The number of carbonyl (C=O) groups is 2. The zero-order valence-electron chi connectivity index (χ0n) is 7.37. The number of carbonyl (C=O) groups excluding carboxylic acids is 2. The first-order valence-corrected chi connectivity index (χ1v) is 3.93. The van der Waals surface area contributed by atoms with Gasteiger partial charge in [0.05, 0.1) is 0 Å². The average molecular weight is 185 g/mol. The summed E-state index contributed by atoms with van der Waals surface area (Å²) in [6.45, 7) is 0. The third kappa shape index (κ3) is 1.00. The van der Waals surface area contributed by atoms with Crippen molar-refractivity contribution in [1.82, 2.24) is 26.0 Å². The molecule has 2 saturated heterocycles. The Balaban J connectivity index is 2.22. The van der Waals surface area contributed by atoms with Crippen LogP contribution in [0.3, 0.4) is 0 Å². The summed E-state index contributed by atoms with van der Waals surface area (Å²) in [4.78, 5) is 25.3. The standard InChI is InChI=1S/C6H11N5O2/c1-10-3-4(11(2)6(10)13)8-9-5(12)7-3/h3-4,8H,1-2H3,(H2,7,9,12)/t3-,4-/m0/s1. The molecule has 0 saturated carbocycles. The molecule has 13 heavy (non-hydrogen) atoms. The minimum Gasteiger partial charge on any atom is -0.313 e. The lowest BCUT2D eigenvalue weighted by Gasteiger charge is -2.31. The van der Waals surface area contributed by atoms with Gasteiger partial charge in [0.25, 0.3) is 0 Å². The molecule has 2 aliphatic heterocycles. The van der Waals surface area contributed by atoms with E-state index in [1.165, 1.54) is 9.80 Å². The fraction of sp³-hybridized carbons (Fsp3) is 0.667. The lowest BCUT2D eigenvalue weighted by Crippen LogP contribution is -2.67. The number of nitrogens with one attached hydrogen (secondary N) is 3. The van der Waals surface area contributed by atoms with Crippen LogP contribution in [0.2, 0.25) is 0 Å². The molecule has 2 aliphatic rings. The highest BCUT2D eigenvalue weighted by molar-refractivity contribution is 5.81. The molecule has 0 spiro atoms. The topological polar surface area (TPSA) is 76.7 Å². The first kappa shape index (κ1) is 8.11. The van der Waals surface area contributed by atoms with E-state index in [1.807, 2.05) is 0 Å². The molecule has 0 aromatic rings. The number of urea groups is 2. The van der Waals surface area contributed by atoms with Crippen LogP contribution in [0.25, 0.3) is 0 Å². The number of likely N-dealkylation sites (N-methyl/N-ethyl adjacent to an activating group) is 2. The number of hydrogen-bond donors (Lipinski definition) is 3. The van der Waals surface area contributed by atoms with Gasteiger partial charge in [-0.25, -0.2) is 15.0 Å². The Labute approximate surface area is 75.0 Å². The molecule has 7 heteroatoms. The van der Waals surface area contributed by atoms with E-state index < -0.39 is 0 Å². The number of fused-ring (bicyclic) bond motifs is 1. The maximum Gasteiger partial charge on any atom is 0.330 e. The van der Waals surface area contributed by atoms with Gasteiger partial charge in [-0.2, -0.15) is 0 Å². The van der Waals surface area contributed by atoms with Gasteiger partial charge in [-0.05, 0) is 0 Å². The Kier molecular flexibility index (Phi) is 1.56. The normalized spacial score (nSPS) is 32.8. The number of hydrogen-bond acceptors (Lipinski definition) is 3. The second-order valence-electron chi connectivity index (χ2n) is 3.14. The molecule has 0 bridgehead atoms. The van der Waals surface area contributed by atoms with E-state index in [1.54, 1.807) is 14.1 Å². The summed E-state index contributed by atoms with van der Waals surface area (Å²) in [7, 11) is 3.33. The van der Waals surface area contributed by atoms with E-state index in [9.17, 15) is 9.59 Å². The van der Waals surface area contributed by atoms with Gasteiger partial charge in [-0.1, -0.05) is 0 Å². The zero-order valence-corrected chi connectivity index (χ0v) is 7.37. The molecule has 4 amide bonds. The van der Waals surface area contributed by atoms with E-state index in [-0.39, 0.29) is 24.4 Å². The van der Waals surface area contributed by atoms with E-state index >= 15 is 0 Å². The molecule has 0 unspecified atom stereocenters. The van der Waals surface area contributed by atoms with E-state index in [0.717, 1.165) is 0 Å². The second-order valence-corrected chi connectivity index (χ2v) is 3.14. The van der Waals surface area contributed by atoms with Gasteiger partial charge in [0.15, 0.2) is 0 Å². The predicted octanol–water partition coefficient (Wildman–Crippen LogP) is -1.55. The highest BCUT2D eigenvalue weighted by atomic mass is 16.2. The molecule has 2 atom stereocenters. The van der Waals surface area contributed by atoms with Gasteiger partial charge >= 0.3 is 12.1 Å². The summed E-state index contributed by atoms with van der Waals surface area (Å²) in [5, 5.41) is 2.64.